The largest absolute Gasteiger partial charge is 0.491 e. The van der Waals surface area contributed by atoms with Crippen molar-refractivity contribution < 1.29 is 14.2 Å². The summed E-state index contributed by atoms with van der Waals surface area (Å²) in [6.07, 6.45) is 2.17. The van der Waals surface area contributed by atoms with Gasteiger partial charge in [-0.15, -0.1) is 0 Å². The van der Waals surface area contributed by atoms with E-state index in [1.807, 2.05) is 30.3 Å². The average Bonchev–Trinajstić information content (AvgIpc) is 2.65. The van der Waals surface area contributed by atoms with Crippen LogP contribution >= 0.6 is 0 Å². The SMILES string of the molecule is CC(C)CC(Cc1ccccc1)[N+](C)(CC(C)C)OCCOc1ccccc1. The second-order valence-corrected chi connectivity index (χ2v) is 8.72. The number of likely N-dealkylation sites (N-methyl/N-ethyl adjacent to an activating group) is 1. The Morgan fingerprint density at radius 3 is 1.96 bits per heavy atom. The molecule has 0 aliphatic rings. The molecule has 0 spiro atoms. The lowest BCUT2D eigenvalue weighted by Gasteiger charge is -2.40. The van der Waals surface area contributed by atoms with E-state index < -0.39 is 0 Å². The van der Waals surface area contributed by atoms with Crippen molar-refractivity contribution in [1.82, 2.24) is 0 Å². The molecular formula is C25H38NO2+. The Kier molecular flexibility index (Phi) is 9.01. The highest BCUT2D eigenvalue weighted by atomic mass is 16.7. The van der Waals surface area contributed by atoms with E-state index >= 15 is 0 Å². The summed E-state index contributed by atoms with van der Waals surface area (Å²) in [7, 11) is 2.25. The fourth-order valence-corrected chi connectivity index (χ4v) is 3.88. The van der Waals surface area contributed by atoms with Gasteiger partial charge in [0.25, 0.3) is 0 Å². The van der Waals surface area contributed by atoms with Crippen molar-refractivity contribution in [2.24, 2.45) is 11.8 Å². The molecule has 0 aliphatic heterocycles. The fraction of sp³-hybridized carbons (Fsp3) is 0.520. The molecule has 28 heavy (non-hydrogen) atoms. The standard InChI is InChI=1S/C25H38NO2/c1-21(2)18-24(19-23-12-8-6-9-13-23)26(5,20-22(3)4)28-17-16-27-25-14-10-7-11-15-25/h6-15,21-22,24H,16-20H2,1-5H3/q+1. The van der Waals surface area contributed by atoms with E-state index in [9.17, 15) is 0 Å². The highest BCUT2D eigenvalue weighted by molar-refractivity contribution is 5.20. The second kappa shape index (κ2) is 11.2. The summed E-state index contributed by atoms with van der Waals surface area (Å²) in [6.45, 7) is 11.3. The minimum Gasteiger partial charge on any atom is -0.491 e. The van der Waals surface area contributed by atoms with Crippen LogP contribution in [0.4, 0.5) is 0 Å². The second-order valence-electron chi connectivity index (χ2n) is 8.72. The normalized spacial score (nSPS) is 14.8. The molecular weight excluding hydrogens is 346 g/mol. The summed E-state index contributed by atoms with van der Waals surface area (Å²) in [5, 5.41) is 0. The number of rotatable bonds is 12. The van der Waals surface area contributed by atoms with E-state index in [4.69, 9.17) is 9.57 Å². The van der Waals surface area contributed by atoms with Gasteiger partial charge in [0.2, 0.25) is 0 Å². The smallest absolute Gasteiger partial charge is 0.140 e. The van der Waals surface area contributed by atoms with Crippen LogP contribution in [-0.4, -0.2) is 37.5 Å². The Hall–Kier alpha value is -1.84. The van der Waals surface area contributed by atoms with Gasteiger partial charge in [-0.05, 0) is 23.6 Å². The Balaban J connectivity index is 2.06. The summed E-state index contributed by atoms with van der Waals surface area (Å²) < 4.78 is 6.48. The predicted molar refractivity (Wildman–Crippen MR) is 117 cm³/mol. The third kappa shape index (κ3) is 7.65. The topological polar surface area (TPSA) is 18.5 Å². The molecule has 0 fully saturated rings. The average molecular weight is 385 g/mol. The zero-order valence-corrected chi connectivity index (χ0v) is 18.3. The van der Waals surface area contributed by atoms with Gasteiger partial charge < -0.3 is 4.74 Å². The highest BCUT2D eigenvalue weighted by Crippen LogP contribution is 2.25. The van der Waals surface area contributed by atoms with Crippen LogP contribution in [0.3, 0.4) is 0 Å². The van der Waals surface area contributed by atoms with E-state index in [0.717, 1.165) is 25.1 Å². The molecule has 0 amide bonds. The highest BCUT2D eigenvalue weighted by Gasteiger charge is 2.36. The third-order valence-corrected chi connectivity index (χ3v) is 5.04. The van der Waals surface area contributed by atoms with Crippen molar-refractivity contribution in [3.63, 3.8) is 0 Å². The maximum absolute atomic E-state index is 6.51. The fourth-order valence-electron chi connectivity index (χ4n) is 3.88. The van der Waals surface area contributed by atoms with Gasteiger partial charge in [0.15, 0.2) is 0 Å². The number of benzene rings is 2. The summed E-state index contributed by atoms with van der Waals surface area (Å²) in [5.41, 5.74) is 1.38. The summed E-state index contributed by atoms with van der Waals surface area (Å²) in [6, 6.07) is 21.2. The molecule has 0 saturated carbocycles. The Labute approximate surface area is 171 Å². The molecule has 0 bridgehead atoms. The molecule has 0 radical (unpaired) electrons. The van der Waals surface area contributed by atoms with E-state index in [1.54, 1.807) is 0 Å². The molecule has 2 unspecified atom stereocenters. The van der Waals surface area contributed by atoms with Gasteiger partial charge in [0.1, 0.15) is 31.5 Å². The number of quaternary nitrogens is 1. The lowest BCUT2D eigenvalue weighted by atomic mass is 9.95. The zero-order chi connectivity index (χ0) is 20.4. The van der Waals surface area contributed by atoms with Gasteiger partial charge >= 0.3 is 0 Å². The molecule has 2 aromatic carbocycles. The van der Waals surface area contributed by atoms with Gasteiger partial charge in [-0.1, -0.05) is 76.2 Å². The summed E-state index contributed by atoms with van der Waals surface area (Å²) in [4.78, 5) is 6.51. The van der Waals surface area contributed by atoms with Crippen LogP contribution in [0.5, 0.6) is 5.75 Å². The number of hydrogen-bond donors (Lipinski definition) is 0. The molecule has 154 valence electrons. The Morgan fingerprint density at radius 2 is 1.39 bits per heavy atom. The number of para-hydroxylation sites is 1. The van der Waals surface area contributed by atoms with Gasteiger partial charge in [-0.2, -0.15) is 9.48 Å². The van der Waals surface area contributed by atoms with E-state index in [1.165, 1.54) is 5.56 Å². The maximum Gasteiger partial charge on any atom is 0.140 e. The van der Waals surface area contributed by atoms with E-state index in [2.05, 4.69) is 65.1 Å². The summed E-state index contributed by atoms with van der Waals surface area (Å²) in [5.74, 6) is 2.08. The number of nitrogens with zero attached hydrogens (tertiary/aromatic N) is 1. The monoisotopic (exact) mass is 384 g/mol. The minimum atomic E-state index is 0.418. The van der Waals surface area contributed by atoms with E-state index in [0.29, 0.717) is 35.7 Å². The van der Waals surface area contributed by atoms with Gasteiger partial charge in [0.05, 0.1) is 7.05 Å². The van der Waals surface area contributed by atoms with Crippen LogP contribution in [0, 0.1) is 11.8 Å². The Morgan fingerprint density at radius 1 is 0.786 bits per heavy atom. The molecule has 0 aromatic heterocycles. The predicted octanol–water partition coefficient (Wildman–Crippen LogP) is 5.76. The van der Waals surface area contributed by atoms with Crippen molar-refractivity contribution in [3.8, 4) is 5.75 Å². The molecule has 2 atom stereocenters. The number of hydroxylamine groups is 3. The Bertz CT molecular complexity index is 657. The van der Waals surface area contributed by atoms with Crippen LogP contribution in [0.1, 0.15) is 39.7 Å². The van der Waals surface area contributed by atoms with Crippen LogP contribution in [0.25, 0.3) is 0 Å². The van der Waals surface area contributed by atoms with Gasteiger partial charge in [-0.25, -0.2) is 0 Å². The first-order valence-corrected chi connectivity index (χ1v) is 10.6. The maximum atomic E-state index is 6.51. The van der Waals surface area contributed by atoms with Gasteiger partial charge in [0, 0.05) is 18.8 Å². The molecule has 0 N–H and O–H groups in total. The van der Waals surface area contributed by atoms with Crippen molar-refractivity contribution in [3.05, 3.63) is 66.2 Å². The molecule has 3 heteroatoms. The molecule has 3 nitrogen and oxygen atoms in total. The van der Waals surface area contributed by atoms with Crippen LogP contribution in [-0.2, 0) is 11.3 Å². The zero-order valence-electron chi connectivity index (χ0n) is 18.3. The van der Waals surface area contributed by atoms with Crippen molar-refractivity contribution >= 4 is 0 Å². The number of ether oxygens (including phenoxy) is 1. The molecule has 0 aliphatic carbocycles. The lowest BCUT2D eigenvalue weighted by molar-refractivity contribution is -1.11. The van der Waals surface area contributed by atoms with Crippen molar-refractivity contribution in [1.29, 1.82) is 0 Å². The quantitative estimate of drug-likeness (QED) is 0.263. The van der Waals surface area contributed by atoms with E-state index in [-0.39, 0.29) is 0 Å². The van der Waals surface area contributed by atoms with Crippen LogP contribution in [0.2, 0.25) is 0 Å². The molecule has 2 aromatic rings. The van der Waals surface area contributed by atoms with Gasteiger partial charge in [-0.3, -0.25) is 0 Å². The molecule has 0 heterocycles. The lowest BCUT2D eigenvalue weighted by Crippen LogP contribution is -2.55. The molecule has 2 rings (SSSR count). The first-order valence-electron chi connectivity index (χ1n) is 10.6. The van der Waals surface area contributed by atoms with Crippen molar-refractivity contribution in [2.45, 2.75) is 46.6 Å². The van der Waals surface area contributed by atoms with Crippen molar-refractivity contribution in [2.75, 3.05) is 26.8 Å². The summed E-state index contributed by atoms with van der Waals surface area (Å²) >= 11 is 0. The minimum absolute atomic E-state index is 0.418. The third-order valence-electron chi connectivity index (χ3n) is 5.04. The van der Waals surface area contributed by atoms with Crippen LogP contribution < -0.4 is 4.74 Å². The first kappa shape index (κ1) is 22.4. The first-order chi connectivity index (χ1) is 13.4. The van der Waals surface area contributed by atoms with Crippen LogP contribution in [0.15, 0.2) is 60.7 Å². The molecule has 0 saturated heterocycles. The number of hydrogen-bond acceptors (Lipinski definition) is 2.